The summed E-state index contributed by atoms with van der Waals surface area (Å²) in [5, 5.41) is 2.86. The van der Waals surface area contributed by atoms with Crippen LogP contribution in [0, 0.1) is 11.8 Å². The van der Waals surface area contributed by atoms with Gasteiger partial charge >= 0.3 is 0 Å². The van der Waals surface area contributed by atoms with Gasteiger partial charge in [0, 0.05) is 26.2 Å². The predicted molar refractivity (Wildman–Crippen MR) is 97.0 cm³/mol. The van der Waals surface area contributed by atoms with Crippen LogP contribution in [0.4, 0.5) is 0 Å². The van der Waals surface area contributed by atoms with Crippen molar-refractivity contribution in [2.24, 2.45) is 11.8 Å². The molecule has 5 heteroatoms. The van der Waals surface area contributed by atoms with Crippen molar-refractivity contribution in [1.29, 1.82) is 0 Å². The van der Waals surface area contributed by atoms with E-state index in [-0.39, 0.29) is 17.9 Å². The Morgan fingerprint density at radius 1 is 1.16 bits per heavy atom. The highest BCUT2D eigenvalue weighted by molar-refractivity contribution is 6.18. The highest BCUT2D eigenvalue weighted by Gasteiger charge is 2.37. The molecule has 0 aromatic heterocycles. The summed E-state index contributed by atoms with van der Waals surface area (Å²) in [6.07, 6.45) is 12.9. The van der Waals surface area contributed by atoms with E-state index in [2.05, 4.69) is 5.32 Å². The van der Waals surface area contributed by atoms with E-state index in [9.17, 15) is 9.59 Å². The molecule has 0 aromatic rings. The van der Waals surface area contributed by atoms with Crippen molar-refractivity contribution in [2.45, 2.75) is 63.8 Å². The number of carbonyl (C=O) groups is 2. The third kappa shape index (κ3) is 4.63. The van der Waals surface area contributed by atoms with Crippen molar-refractivity contribution in [3.63, 3.8) is 0 Å². The van der Waals surface area contributed by atoms with E-state index in [1.807, 2.05) is 13.1 Å². The van der Waals surface area contributed by atoms with Crippen LogP contribution in [-0.4, -0.2) is 49.6 Å². The molecule has 2 unspecified atom stereocenters. The fourth-order valence-electron chi connectivity index (χ4n) is 4.55. The Hall–Kier alpha value is -1.36. The largest absolute Gasteiger partial charge is 0.379 e. The van der Waals surface area contributed by atoms with Gasteiger partial charge in [-0.1, -0.05) is 38.2 Å². The Bertz CT molecular complexity index is 511. The lowest BCUT2D eigenvalue weighted by atomic mass is 9.80. The Morgan fingerprint density at radius 2 is 1.88 bits per heavy atom. The zero-order chi connectivity index (χ0) is 17.6. The third-order valence-corrected chi connectivity index (χ3v) is 6.07. The van der Waals surface area contributed by atoms with Crippen molar-refractivity contribution in [2.75, 3.05) is 26.8 Å². The number of nitrogens with zero attached hydrogens (tertiary/aromatic N) is 1. The molecule has 0 saturated heterocycles. The van der Waals surface area contributed by atoms with Gasteiger partial charge in [0.2, 0.25) is 0 Å². The number of ether oxygens (including phenoxy) is 1. The minimum atomic E-state index is -0.248. The van der Waals surface area contributed by atoms with Gasteiger partial charge in [0.25, 0.3) is 11.8 Å². The van der Waals surface area contributed by atoms with Crippen molar-refractivity contribution in [1.82, 2.24) is 10.2 Å². The molecule has 0 bridgehead atoms. The van der Waals surface area contributed by atoms with Gasteiger partial charge in [-0.3, -0.25) is 9.59 Å². The van der Waals surface area contributed by atoms with E-state index in [1.54, 1.807) is 4.90 Å². The predicted octanol–water partition coefficient (Wildman–Crippen LogP) is 2.66. The van der Waals surface area contributed by atoms with E-state index < -0.39 is 0 Å². The van der Waals surface area contributed by atoms with Crippen LogP contribution in [0.3, 0.4) is 0 Å². The Labute approximate surface area is 151 Å². The van der Waals surface area contributed by atoms with Gasteiger partial charge in [0.15, 0.2) is 0 Å². The van der Waals surface area contributed by atoms with Gasteiger partial charge in [0.05, 0.1) is 6.61 Å². The van der Waals surface area contributed by atoms with Gasteiger partial charge in [-0.15, -0.1) is 0 Å². The molecule has 0 aromatic carbocycles. The Morgan fingerprint density at radius 3 is 2.68 bits per heavy atom. The second-order valence-electron chi connectivity index (χ2n) is 7.85. The lowest BCUT2D eigenvalue weighted by molar-refractivity contribution is -0.133. The van der Waals surface area contributed by atoms with Crippen LogP contribution in [0.1, 0.15) is 57.8 Å². The SMILES string of the molecule is CN1C(=O)C(C(=O)NCCOCC2CCCCC2)=CC2CCCCC21. The molecule has 1 aliphatic heterocycles. The van der Waals surface area contributed by atoms with Crippen molar-refractivity contribution < 1.29 is 14.3 Å². The minimum Gasteiger partial charge on any atom is -0.379 e. The second-order valence-corrected chi connectivity index (χ2v) is 7.85. The topological polar surface area (TPSA) is 58.6 Å². The van der Waals surface area contributed by atoms with Gasteiger partial charge in [-0.2, -0.15) is 0 Å². The number of amides is 2. The minimum absolute atomic E-state index is 0.135. The maximum Gasteiger partial charge on any atom is 0.259 e. The molecule has 2 aliphatic carbocycles. The first kappa shape index (κ1) is 18.4. The molecule has 2 fully saturated rings. The smallest absolute Gasteiger partial charge is 0.259 e. The number of hydrogen-bond acceptors (Lipinski definition) is 3. The number of hydrogen-bond donors (Lipinski definition) is 1. The lowest BCUT2D eigenvalue weighted by Crippen LogP contribution is -2.49. The number of likely N-dealkylation sites (N-methyl/N-ethyl adjacent to an activating group) is 1. The summed E-state index contributed by atoms with van der Waals surface area (Å²) in [5.41, 5.74) is 0.318. The molecule has 3 aliphatic rings. The molecule has 2 atom stereocenters. The molecular formula is C20H32N2O3. The zero-order valence-corrected chi connectivity index (χ0v) is 15.5. The van der Waals surface area contributed by atoms with E-state index >= 15 is 0 Å². The average Bonchev–Trinajstić information content (AvgIpc) is 2.65. The van der Waals surface area contributed by atoms with Crippen LogP contribution in [0.5, 0.6) is 0 Å². The number of rotatable bonds is 6. The van der Waals surface area contributed by atoms with Crippen LogP contribution >= 0.6 is 0 Å². The Balaban J connectivity index is 1.42. The van der Waals surface area contributed by atoms with Crippen molar-refractivity contribution >= 4 is 11.8 Å². The quantitative estimate of drug-likeness (QED) is 0.593. The summed E-state index contributed by atoms with van der Waals surface area (Å²) in [5.74, 6) is 0.634. The summed E-state index contributed by atoms with van der Waals surface area (Å²) in [7, 11) is 1.83. The third-order valence-electron chi connectivity index (χ3n) is 6.07. The van der Waals surface area contributed by atoms with Crippen LogP contribution in [0.15, 0.2) is 11.6 Å². The molecule has 3 rings (SSSR count). The molecule has 140 valence electrons. The average molecular weight is 348 g/mol. The summed E-state index contributed by atoms with van der Waals surface area (Å²) < 4.78 is 5.72. The maximum atomic E-state index is 12.5. The first-order valence-electron chi connectivity index (χ1n) is 10.0. The highest BCUT2D eigenvalue weighted by Crippen LogP contribution is 2.33. The van der Waals surface area contributed by atoms with E-state index in [1.165, 1.54) is 44.9 Å². The summed E-state index contributed by atoms with van der Waals surface area (Å²) in [6, 6.07) is 0.275. The zero-order valence-electron chi connectivity index (χ0n) is 15.5. The second kappa shape index (κ2) is 8.84. The summed E-state index contributed by atoms with van der Waals surface area (Å²) in [6.45, 7) is 1.78. The van der Waals surface area contributed by atoms with E-state index in [0.29, 0.717) is 30.6 Å². The molecule has 2 amide bonds. The first-order valence-corrected chi connectivity index (χ1v) is 10.0. The fourth-order valence-corrected chi connectivity index (χ4v) is 4.55. The van der Waals surface area contributed by atoms with Crippen LogP contribution < -0.4 is 5.32 Å². The molecule has 0 spiro atoms. The molecule has 25 heavy (non-hydrogen) atoms. The molecule has 0 radical (unpaired) electrons. The van der Waals surface area contributed by atoms with Gasteiger partial charge in [-0.05, 0) is 37.5 Å². The molecule has 1 heterocycles. The van der Waals surface area contributed by atoms with E-state index in [4.69, 9.17) is 4.74 Å². The molecule has 2 saturated carbocycles. The Kier molecular flexibility index (Phi) is 6.51. The van der Waals surface area contributed by atoms with E-state index in [0.717, 1.165) is 19.4 Å². The molecule has 1 N–H and O–H groups in total. The maximum absolute atomic E-state index is 12.5. The first-order chi connectivity index (χ1) is 12.2. The number of fused-ring (bicyclic) bond motifs is 1. The van der Waals surface area contributed by atoms with Gasteiger partial charge < -0.3 is 15.0 Å². The van der Waals surface area contributed by atoms with Crippen LogP contribution in [0.2, 0.25) is 0 Å². The van der Waals surface area contributed by atoms with Crippen LogP contribution in [0.25, 0.3) is 0 Å². The monoisotopic (exact) mass is 348 g/mol. The number of carbonyl (C=O) groups excluding carboxylic acids is 2. The summed E-state index contributed by atoms with van der Waals surface area (Å²) >= 11 is 0. The lowest BCUT2D eigenvalue weighted by Gasteiger charge is -2.40. The standard InChI is InChI=1S/C20H32N2O3/c1-22-18-10-6-5-9-16(18)13-17(20(22)24)19(23)21-11-12-25-14-15-7-3-2-4-8-15/h13,15-16,18H,2-12,14H2,1H3,(H,21,23). The molecule has 5 nitrogen and oxygen atoms in total. The van der Waals surface area contributed by atoms with Gasteiger partial charge in [0.1, 0.15) is 5.57 Å². The van der Waals surface area contributed by atoms with Crippen molar-refractivity contribution in [3.05, 3.63) is 11.6 Å². The van der Waals surface area contributed by atoms with Crippen molar-refractivity contribution in [3.8, 4) is 0 Å². The highest BCUT2D eigenvalue weighted by atomic mass is 16.5. The normalized spacial score (nSPS) is 27.6. The van der Waals surface area contributed by atoms with Crippen LogP contribution in [-0.2, 0) is 14.3 Å². The fraction of sp³-hybridized carbons (Fsp3) is 0.800. The number of nitrogens with one attached hydrogen (secondary N) is 1. The molecular weight excluding hydrogens is 316 g/mol. The van der Waals surface area contributed by atoms with Gasteiger partial charge in [-0.25, -0.2) is 0 Å². The summed E-state index contributed by atoms with van der Waals surface area (Å²) in [4.78, 5) is 26.7.